The molecule has 0 saturated heterocycles. The molecule has 0 radical (unpaired) electrons. The number of methoxy groups -OCH3 is 1. The van der Waals surface area contributed by atoms with E-state index in [0.717, 1.165) is 22.6 Å². The summed E-state index contributed by atoms with van der Waals surface area (Å²) in [6.45, 7) is 0.283. The zero-order valence-corrected chi connectivity index (χ0v) is 13.2. The van der Waals surface area contributed by atoms with E-state index in [1.165, 1.54) is 12.1 Å². The van der Waals surface area contributed by atoms with Gasteiger partial charge in [-0.05, 0) is 30.3 Å². The van der Waals surface area contributed by atoms with Crippen LogP contribution in [0.1, 0.15) is 11.1 Å². The van der Waals surface area contributed by atoms with Crippen LogP contribution in [-0.2, 0) is 11.9 Å². The Labute approximate surface area is 130 Å². The van der Waals surface area contributed by atoms with E-state index in [-0.39, 0.29) is 12.4 Å². The van der Waals surface area contributed by atoms with Gasteiger partial charge < -0.3 is 9.47 Å². The average molecular weight is 360 g/mol. The molecule has 2 aromatic rings. The zero-order chi connectivity index (χ0) is 14.5. The SMILES string of the molecule is COc1ccc(OCc2ccc(F)cc2Cl)c(CBr)c1. The van der Waals surface area contributed by atoms with E-state index in [1.807, 2.05) is 18.2 Å². The van der Waals surface area contributed by atoms with E-state index in [2.05, 4.69) is 15.9 Å². The van der Waals surface area contributed by atoms with Crippen LogP contribution in [-0.4, -0.2) is 7.11 Å². The number of rotatable bonds is 5. The van der Waals surface area contributed by atoms with Crippen molar-refractivity contribution < 1.29 is 13.9 Å². The topological polar surface area (TPSA) is 18.5 Å². The molecule has 0 spiro atoms. The largest absolute Gasteiger partial charge is 0.497 e. The number of alkyl halides is 1. The molecule has 0 aliphatic carbocycles. The highest BCUT2D eigenvalue weighted by atomic mass is 79.9. The summed E-state index contributed by atoms with van der Waals surface area (Å²) in [5, 5.41) is 1.01. The van der Waals surface area contributed by atoms with Crippen molar-refractivity contribution in [3.05, 3.63) is 58.4 Å². The summed E-state index contributed by atoms with van der Waals surface area (Å²) in [4.78, 5) is 0. The molecule has 0 saturated carbocycles. The van der Waals surface area contributed by atoms with Gasteiger partial charge in [-0.2, -0.15) is 0 Å². The third kappa shape index (κ3) is 3.64. The van der Waals surface area contributed by atoms with Gasteiger partial charge >= 0.3 is 0 Å². The van der Waals surface area contributed by atoms with Crippen LogP contribution < -0.4 is 9.47 Å². The lowest BCUT2D eigenvalue weighted by Gasteiger charge is -2.12. The summed E-state index contributed by atoms with van der Waals surface area (Å²) < 4.78 is 23.9. The fraction of sp³-hybridized carbons (Fsp3) is 0.200. The normalized spacial score (nSPS) is 10.4. The molecule has 20 heavy (non-hydrogen) atoms. The van der Waals surface area contributed by atoms with E-state index in [9.17, 15) is 4.39 Å². The van der Waals surface area contributed by atoms with E-state index in [1.54, 1.807) is 13.2 Å². The first kappa shape index (κ1) is 15.1. The molecule has 5 heteroatoms. The fourth-order valence-electron chi connectivity index (χ4n) is 1.72. The molecule has 0 atom stereocenters. The quantitative estimate of drug-likeness (QED) is 0.702. The summed E-state index contributed by atoms with van der Waals surface area (Å²) in [5.41, 5.74) is 1.71. The molecule has 0 aliphatic heterocycles. The third-order valence-corrected chi connectivity index (χ3v) is 3.77. The second-order valence-corrected chi connectivity index (χ2v) is 5.10. The highest BCUT2D eigenvalue weighted by Gasteiger charge is 2.07. The van der Waals surface area contributed by atoms with Crippen molar-refractivity contribution in [1.82, 2.24) is 0 Å². The maximum absolute atomic E-state index is 13.0. The van der Waals surface area contributed by atoms with E-state index in [0.29, 0.717) is 10.4 Å². The van der Waals surface area contributed by atoms with Gasteiger partial charge in [0.25, 0.3) is 0 Å². The van der Waals surface area contributed by atoms with Gasteiger partial charge in [0.15, 0.2) is 0 Å². The maximum atomic E-state index is 13.0. The fourth-order valence-corrected chi connectivity index (χ4v) is 2.38. The van der Waals surface area contributed by atoms with Gasteiger partial charge in [0.1, 0.15) is 23.9 Å². The van der Waals surface area contributed by atoms with E-state index in [4.69, 9.17) is 21.1 Å². The Morgan fingerprint density at radius 3 is 2.60 bits per heavy atom. The molecule has 0 heterocycles. The lowest BCUT2D eigenvalue weighted by atomic mass is 10.2. The summed E-state index contributed by atoms with van der Waals surface area (Å²) in [7, 11) is 1.62. The summed E-state index contributed by atoms with van der Waals surface area (Å²) in [6.07, 6.45) is 0. The van der Waals surface area contributed by atoms with Gasteiger partial charge in [0.2, 0.25) is 0 Å². The predicted molar refractivity (Wildman–Crippen MR) is 81.4 cm³/mol. The zero-order valence-electron chi connectivity index (χ0n) is 10.8. The minimum atomic E-state index is -0.357. The van der Waals surface area contributed by atoms with Crippen molar-refractivity contribution >= 4 is 27.5 Å². The van der Waals surface area contributed by atoms with Gasteiger partial charge in [-0.15, -0.1) is 0 Å². The first-order valence-corrected chi connectivity index (χ1v) is 7.43. The van der Waals surface area contributed by atoms with Crippen molar-refractivity contribution in [2.45, 2.75) is 11.9 Å². The van der Waals surface area contributed by atoms with Gasteiger partial charge in [0.05, 0.1) is 12.1 Å². The van der Waals surface area contributed by atoms with Crippen LogP contribution >= 0.6 is 27.5 Å². The van der Waals surface area contributed by atoms with Crippen LogP contribution in [0.2, 0.25) is 5.02 Å². The minimum absolute atomic E-state index is 0.283. The van der Waals surface area contributed by atoms with Gasteiger partial charge in [-0.25, -0.2) is 4.39 Å². The molecule has 0 fully saturated rings. The number of hydrogen-bond donors (Lipinski definition) is 0. The molecule has 106 valence electrons. The first-order valence-electron chi connectivity index (χ1n) is 5.93. The molecule has 2 nitrogen and oxygen atoms in total. The Kier molecular flexibility index (Phi) is 5.26. The molecule has 0 amide bonds. The number of benzene rings is 2. The first-order chi connectivity index (χ1) is 9.63. The maximum Gasteiger partial charge on any atom is 0.124 e. The highest BCUT2D eigenvalue weighted by Crippen LogP contribution is 2.27. The average Bonchev–Trinajstić information content (AvgIpc) is 2.46. The van der Waals surface area contributed by atoms with Crippen molar-refractivity contribution in [2.24, 2.45) is 0 Å². The minimum Gasteiger partial charge on any atom is -0.497 e. The van der Waals surface area contributed by atoms with Crippen LogP contribution in [0.3, 0.4) is 0 Å². The van der Waals surface area contributed by atoms with Crippen molar-refractivity contribution in [3.63, 3.8) is 0 Å². The summed E-state index contributed by atoms with van der Waals surface area (Å²) >= 11 is 9.38. The summed E-state index contributed by atoms with van der Waals surface area (Å²) in [5.74, 6) is 1.15. The molecular formula is C15H13BrClFO2. The molecular weight excluding hydrogens is 347 g/mol. The van der Waals surface area contributed by atoms with E-state index >= 15 is 0 Å². The monoisotopic (exact) mass is 358 g/mol. The van der Waals surface area contributed by atoms with E-state index < -0.39 is 0 Å². The number of ether oxygens (including phenoxy) is 2. The Bertz CT molecular complexity index is 604. The van der Waals surface area contributed by atoms with Crippen LogP contribution in [0.5, 0.6) is 11.5 Å². The Morgan fingerprint density at radius 1 is 1.15 bits per heavy atom. The number of halogens is 3. The second-order valence-electron chi connectivity index (χ2n) is 4.13. The van der Waals surface area contributed by atoms with Crippen molar-refractivity contribution in [2.75, 3.05) is 7.11 Å². The van der Waals surface area contributed by atoms with Gasteiger partial charge in [0, 0.05) is 16.5 Å². The molecule has 0 bridgehead atoms. The molecule has 2 rings (SSSR count). The molecule has 0 aromatic heterocycles. The molecule has 0 aliphatic rings. The molecule has 0 N–H and O–H groups in total. The van der Waals surface area contributed by atoms with Crippen LogP contribution in [0.4, 0.5) is 4.39 Å². The smallest absolute Gasteiger partial charge is 0.124 e. The molecule has 2 aromatic carbocycles. The predicted octanol–water partition coefficient (Wildman–Crippen LogP) is 4.96. The lowest BCUT2D eigenvalue weighted by molar-refractivity contribution is 0.303. The second kappa shape index (κ2) is 6.95. The standard InChI is InChI=1S/C15H13BrClFO2/c1-19-13-4-5-15(11(6-13)8-16)20-9-10-2-3-12(18)7-14(10)17/h2-7H,8-9H2,1H3. The highest BCUT2D eigenvalue weighted by molar-refractivity contribution is 9.08. The lowest BCUT2D eigenvalue weighted by Crippen LogP contribution is -1.99. The Morgan fingerprint density at radius 2 is 1.95 bits per heavy atom. The van der Waals surface area contributed by atoms with Gasteiger partial charge in [-0.1, -0.05) is 33.6 Å². The third-order valence-electron chi connectivity index (χ3n) is 2.81. The number of hydrogen-bond acceptors (Lipinski definition) is 2. The summed E-state index contributed by atoms with van der Waals surface area (Å²) in [6, 6.07) is 9.83. The van der Waals surface area contributed by atoms with Crippen LogP contribution in [0, 0.1) is 5.82 Å². The van der Waals surface area contributed by atoms with Crippen LogP contribution in [0.25, 0.3) is 0 Å². The van der Waals surface area contributed by atoms with Crippen molar-refractivity contribution in [3.8, 4) is 11.5 Å². The van der Waals surface area contributed by atoms with Crippen molar-refractivity contribution in [1.29, 1.82) is 0 Å². The Hall–Kier alpha value is -1.26. The molecule has 0 unspecified atom stereocenters. The van der Waals surface area contributed by atoms with Crippen LogP contribution in [0.15, 0.2) is 36.4 Å². The van der Waals surface area contributed by atoms with Gasteiger partial charge in [-0.3, -0.25) is 0 Å². The Balaban J connectivity index is 2.14.